The highest BCUT2D eigenvalue weighted by Crippen LogP contribution is 2.12. The third-order valence-corrected chi connectivity index (χ3v) is 5.92. The van der Waals surface area contributed by atoms with E-state index in [1.807, 2.05) is 0 Å². The van der Waals surface area contributed by atoms with E-state index in [1.54, 1.807) is 0 Å². The van der Waals surface area contributed by atoms with E-state index in [1.165, 1.54) is 24.3 Å². The highest BCUT2D eigenvalue weighted by atomic mass is 16.4. The molecule has 0 radical (unpaired) electrons. The molecule has 0 heterocycles. The van der Waals surface area contributed by atoms with Crippen molar-refractivity contribution in [2.45, 2.75) is 69.1 Å². The molecule has 17 nitrogen and oxygen atoms in total. The predicted molar refractivity (Wildman–Crippen MR) is 150 cm³/mol. The van der Waals surface area contributed by atoms with Gasteiger partial charge in [-0.1, -0.05) is 12.1 Å². The summed E-state index contributed by atoms with van der Waals surface area (Å²) in [5, 5.41) is 26.2. The van der Waals surface area contributed by atoms with Crippen molar-refractivity contribution in [1.82, 2.24) is 16.0 Å². The maximum Gasteiger partial charge on any atom is 0.326 e. The Balaban J connectivity index is 3.13. The Kier molecular flexibility index (Phi) is 14.8. The van der Waals surface area contributed by atoms with E-state index in [0.717, 1.165) is 0 Å². The number of hydrogen-bond donors (Lipinski definition) is 10. The average Bonchev–Trinajstić information content (AvgIpc) is 2.91. The zero-order chi connectivity index (χ0) is 31.8. The lowest BCUT2D eigenvalue weighted by molar-refractivity contribution is -0.142. The monoisotopic (exact) mass is 593 g/mol. The van der Waals surface area contributed by atoms with Crippen LogP contribution in [0.4, 0.5) is 0 Å². The maximum atomic E-state index is 13.4. The van der Waals surface area contributed by atoms with Gasteiger partial charge in [-0.15, -0.1) is 0 Å². The van der Waals surface area contributed by atoms with Gasteiger partial charge in [0.2, 0.25) is 29.5 Å². The van der Waals surface area contributed by atoms with Gasteiger partial charge in [0.15, 0.2) is 5.96 Å². The molecule has 15 N–H and O–H groups in total. The summed E-state index contributed by atoms with van der Waals surface area (Å²) in [5.41, 5.74) is 27.3. The lowest BCUT2D eigenvalue weighted by atomic mass is 10.0. The summed E-state index contributed by atoms with van der Waals surface area (Å²) in [4.78, 5) is 77.0. The quantitative estimate of drug-likeness (QED) is 0.0424. The number of rotatable bonds is 19. The van der Waals surface area contributed by atoms with Crippen LogP contribution < -0.4 is 44.6 Å². The molecular weight excluding hydrogens is 554 g/mol. The number of guanidine groups is 1. The number of carboxylic acids is 1. The molecule has 0 aromatic heterocycles. The van der Waals surface area contributed by atoms with Crippen LogP contribution in [0.15, 0.2) is 29.3 Å². The van der Waals surface area contributed by atoms with Crippen molar-refractivity contribution in [3.05, 3.63) is 29.8 Å². The first-order valence-corrected chi connectivity index (χ1v) is 13.0. The first-order valence-electron chi connectivity index (χ1n) is 13.0. The van der Waals surface area contributed by atoms with Gasteiger partial charge < -0.3 is 54.8 Å². The zero-order valence-electron chi connectivity index (χ0n) is 23.0. The van der Waals surface area contributed by atoms with Crippen LogP contribution in [0, 0.1) is 0 Å². The molecule has 1 rings (SSSR count). The molecule has 42 heavy (non-hydrogen) atoms. The van der Waals surface area contributed by atoms with Crippen LogP contribution >= 0.6 is 0 Å². The van der Waals surface area contributed by atoms with Crippen molar-refractivity contribution in [2.75, 3.05) is 6.54 Å². The topological polar surface area (TPSA) is 321 Å². The van der Waals surface area contributed by atoms with Crippen LogP contribution in [-0.2, 0) is 35.2 Å². The highest BCUT2D eigenvalue weighted by Gasteiger charge is 2.31. The molecule has 0 aliphatic carbocycles. The Bertz CT molecular complexity index is 1140. The van der Waals surface area contributed by atoms with E-state index in [-0.39, 0.29) is 56.8 Å². The Labute approximate surface area is 241 Å². The molecule has 1 aromatic rings. The third kappa shape index (κ3) is 13.9. The number of carbonyl (C=O) groups excluding carboxylic acids is 5. The fourth-order valence-electron chi connectivity index (χ4n) is 3.65. The minimum atomic E-state index is -1.51. The van der Waals surface area contributed by atoms with Gasteiger partial charge in [0, 0.05) is 25.8 Å². The standard InChI is InChI=1S/C25H39N9O8/c26-15(2-1-11-31-25(29)30)21(38)34-18(12-13-3-5-14(35)6-4-13)23(40)32-16(7-9-19(27)36)22(39)33-17(24(41)42)8-10-20(28)37/h3-6,15-18,35H,1-2,7-12,26H2,(H2,27,36)(H2,28,37)(H,32,40)(H,33,39)(H,34,38)(H,41,42)(H4,29,30,31). The highest BCUT2D eigenvalue weighted by molar-refractivity contribution is 5.94. The molecule has 0 saturated heterocycles. The van der Waals surface area contributed by atoms with Gasteiger partial charge in [0.25, 0.3) is 0 Å². The van der Waals surface area contributed by atoms with Crippen molar-refractivity contribution in [2.24, 2.45) is 33.7 Å². The van der Waals surface area contributed by atoms with Crippen LogP contribution in [0.2, 0.25) is 0 Å². The number of amides is 5. The Morgan fingerprint density at radius 2 is 1.24 bits per heavy atom. The summed E-state index contributed by atoms with van der Waals surface area (Å²) < 4.78 is 0. The largest absolute Gasteiger partial charge is 0.508 e. The summed E-state index contributed by atoms with van der Waals surface area (Å²) in [6, 6.07) is 0.528. The number of phenolic OH excluding ortho intramolecular Hbond substituents is 1. The number of primary amides is 2. The molecule has 0 bridgehead atoms. The number of aliphatic carboxylic acids is 1. The maximum absolute atomic E-state index is 13.4. The van der Waals surface area contributed by atoms with E-state index >= 15 is 0 Å². The normalized spacial score (nSPS) is 13.5. The molecule has 4 unspecified atom stereocenters. The number of carbonyl (C=O) groups is 6. The Hall–Kier alpha value is -4.93. The van der Waals surface area contributed by atoms with Crippen molar-refractivity contribution in [3.8, 4) is 5.75 Å². The minimum Gasteiger partial charge on any atom is -0.508 e. The van der Waals surface area contributed by atoms with Gasteiger partial charge in [-0.05, 0) is 43.4 Å². The molecule has 1 aromatic carbocycles. The number of nitrogens with zero attached hydrogens (tertiary/aromatic N) is 1. The fourth-order valence-corrected chi connectivity index (χ4v) is 3.65. The summed E-state index contributed by atoms with van der Waals surface area (Å²) in [6.45, 7) is 0.230. The first kappa shape index (κ1) is 35.1. The third-order valence-electron chi connectivity index (χ3n) is 5.92. The van der Waals surface area contributed by atoms with Crippen LogP contribution in [0.25, 0.3) is 0 Å². The van der Waals surface area contributed by atoms with Gasteiger partial charge in [0.1, 0.15) is 23.9 Å². The lowest BCUT2D eigenvalue weighted by Gasteiger charge is -2.25. The molecule has 0 fully saturated rings. The molecule has 232 valence electrons. The molecule has 0 aliphatic heterocycles. The van der Waals surface area contributed by atoms with Crippen molar-refractivity contribution in [1.29, 1.82) is 0 Å². The second-order valence-corrected chi connectivity index (χ2v) is 9.46. The second-order valence-electron chi connectivity index (χ2n) is 9.46. The Morgan fingerprint density at radius 1 is 0.738 bits per heavy atom. The number of nitrogens with two attached hydrogens (primary N) is 5. The van der Waals surface area contributed by atoms with E-state index in [2.05, 4.69) is 20.9 Å². The number of aromatic hydroxyl groups is 1. The second kappa shape index (κ2) is 17.7. The number of nitrogens with one attached hydrogen (secondary N) is 3. The molecule has 5 amide bonds. The fraction of sp³-hybridized carbons (Fsp3) is 0.480. The van der Waals surface area contributed by atoms with E-state index in [4.69, 9.17) is 28.7 Å². The predicted octanol–water partition coefficient (Wildman–Crippen LogP) is -3.61. The van der Waals surface area contributed by atoms with Crippen molar-refractivity contribution >= 4 is 41.5 Å². The van der Waals surface area contributed by atoms with Gasteiger partial charge in [-0.25, -0.2) is 4.79 Å². The molecule has 4 atom stereocenters. The van der Waals surface area contributed by atoms with E-state index < -0.39 is 59.7 Å². The molecule has 0 aliphatic rings. The summed E-state index contributed by atoms with van der Waals surface area (Å²) in [6.07, 6.45) is -0.805. The number of phenols is 1. The number of hydrogen-bond acceptors (Lipinski definition) is 9. The van der Waals surface area contributed by atoms with Crippen LogP contribution in [-0.4, -0.2) is 82.4 Å². The summed E-state index contributed by atoms with van der Waals surface area (Å²) in [7, 11) is 0. The van der Waals surface area contributed by atoms with Crippen molar-refractivity contribution in [3.63, 3.8) is 0 Å². The SMILES string of the molecule is NC(=O)CCC(NC(=O)C(CCC(N)=O)NC(=O)C(Cc1ccc(O)cc1)NC(=O)C(N)CCCN=C(N)N)C(=O)O. The van der Waals surface area contributed by atoms with E-state index in [9.17, 15) is 39.0 Å². The van der Waals surface area contributed by atoms with Crippen molar-refractivity contribution < 1.29 is 39.0 Å². The first-order chi connectivity index (χ1) is 19.7. The average molecular weight is 594 g/mol. The number of aliphatic imine (C=N–C) groups is 1. The molecule has 0 spiro atoms. The van der Waals surface area contributed by atoms with Gasteiger partial charge in [-0.3, -0.25) is 29.0 Å². The number of carboxylic acid groups (broad SMARTS) is 1. The zero-order valence-corrected chi connectivity index (χ0v) is 23.0. The van der Waals surface area contributed by atoms with Gasteiger partial charge >= 0.3 is 5.97 Å². The lowest BCUT2D eigenvalue weighted by Crippen LogP contribution is -2.57. The van der Waals surface area contributed by atoms with Gasteiger partial charge in [0.05, 0.1) is 6.04 Å². The van der Waals surface area contributed by atoms with Crippen LogP contribution in [0.1, 0.15) is 44.1 Å². The molecular formula is C25H39N9O8. The Morgan fingerprint density at radius 3 is 1.76 bits per heavy atom. The van der Waals surface area contributed by atoms with Crippen LogP contribution in [0.3, 0.4) is 0 Å². The summed E-state index contributed by atoms with van der Waals surface area (Å²) in [5.74, 6) is -5.66. The summed E-state index contributed by atoms with van der Waals surface area (Å²) >= 11 is 0. The molecule has 0 saturated carbocycles. The van der Waals surface area contributed by atoms with Crippen LogP contribution in [0.5, 0.6) is 5.75 Å². The van der Waals surface area contributed by atoms with E-state index in [0.29, 0.717) is 12.0 Å². The van der Waals surface area contributed by atoms with Gasteiger partial charge in [-0.2, -0.15) is 0 Å². The minimum absolute atomic E-state index is 0.0286. The smallest absolute Gasteiger partial charge is 0.326 e. The molecule has 17 heteroatoms. The number of benzene rings is 1.